The van der Waals surface area contributed by atoms with Crippen LogP contribution < -0.4 is 5.32 Å². The third-order valence-electron chi connectivity index (χ3n) is 2.58. The molecule has 1 aliphatic heterocycles. The molecule has 1 fully saturated rings. The molecule has 5 nitrogen and oxygen atoms in total. The number of ether oxygens (including phenoxy) is 1. The van der Waals surface area contributed by atoms with Gasteiger partial charge in [0.05, 0.1) is 23.9 Å². The Hall–Kier alpha value is -0.910. The second kappa shape index (κ2) is 4.95. The van der Waals surface area contributed by atoms with E-state index in [-0.39, 0.29) is 11.9 Å². The van der Waals surface area contributed by atoms with Crippen molar-refractivity contribution in [3.8, 4) is 0 Å². The summed E-state index contributed by atoms with van der Waals surface area (Å²) in [4.78, 5) is 12.0. The number of hydrogen-bond acceptors (Lipinski definition) is 4. The van der Waals surface area contributed by atoms with E-state index in [4.69, 9.17) is 16.3 Å². The summed E-state index contributed by atoms with van der Waals surface area (Å²) < 4.78 is 6.97. The van der Waals surface area contributed by atoms with Crippen molar-refractivity contribution in [3.05, 3.63) is 16.9 Å². The molecule has 1 aromatic heterocycles. The van der Waals surface area contributed by atoms with Gasteiger partial charge in [-0.25, -0.2) is 0 Å². The largest absolute Gasteiger partial charge is 0.375 e. The fourth-order valence-corrected chi connectivity index (χ4v) is 2.05. The smallest absolute Gasteiger partial charge is 0.185 e. The number of halogens is 1. The van der Waals surface area contributed by atoms with E-state index in [1.54, 1.807) is 7.05 Å². The molecule has 88 valence electrons. The maximum atomic E-state index is 12.0. The molecule has 1 aliphatic rings. The number of aromatic nitrogens is 2. The van der Waals surface area contributed by atoms with Crippen LogP contribution in [-0.4, -0.2) is 41.4 Å². The van der Waals surface area contributed by atoms with Gasteiger partial charge in [-0.05, 0) is 0 Å². The van der Waals surface area contributed by atoms with Crippen molar-refractivity contribution < 1.29 is 9.53 Å². The molecule has 0 amide bonds. The van der Waals surface area contributed by atoms with Crippen molar-refractivity contribution in [1.29, 1.82) is 0 Å². The van der Waals surface area contributed by atoms with E-state index < -0.39 is 0 Å². The van der Waals surface area contributed by atoms with Crippen LogP contribution in [0.2, 0.25) is 5.02 Å². The zero-order valence-electron chi connectivity index (χ0n) is 9.07. The number of carbonyl (C=O) groups excluding carboxylic acids is 1. The summed E-state index contributed by atoms with van der Waals surface area (Å²) in [6.07, 6.45) is 1.76. The van der Waals surface area contributed by atoms with E-state index in [1.165, 1.54) is 10.9 Å². The molecule has 1 aromatic rings. The highest BCUT2D eigenvalue weighted by Gasteiger charge is 2.22. The SMILES string of the molecule is Cn1ncc(Cl)c1C(=O)CC1CNCCO1. The van der Waals surface area contributed by atoms with Gasteiger partial charge in [0.25, 0.3) is 0 Å². The third kappa shape index (κ3) is 2.42. The first kappa shape index (κ1) is 11.6. The van der Waals surface area contributed by atoms with Gasteiger partial charge in [0.1, 0.15) is 5.69 Å². The van der Waals surface area contributed by atoms with Gasteiger partial charge >= 0.3 is 0 Å². The maximum absolute atomic E-state index is 12.0. The Kier molecular flexibility index (Phi) is 3.58. The van der Waals surface area contributed by atoms with Gasteiger partial charge in [0.2, 0.25) is 0 Å². The summed E-state index contributed by atoms with van der Waals surface area (Å²) in [6.45, 7) is 2.20. The van der Waals surface area contributed by atoms with Crippen LogP contribution in [0, 0.1) is 0 Å². The number of rotatable bonds is 3. The lowest BCUT2D eigenvalue weighted by Gasteiger charge is -2.22. The normalized spacial score (nSPS) is 21.0. The van der Waals surface area contributed by atoms with Gasteiger partial charge in [-0.3, -0.25) is 9.48 Å². The Morgan fingerprint density at radius 1 is 1.81 bits per heavy atom. The van der Waals surface area contributed by atoms with Crippen LogP contribution in [0.15, 0.2) is 6.20 Å². The fraction of sp³-hybridized carbons (Fsp3) is 0.600. The lowest BCUT2D eigenvalue weighted by atomic mass is 10.1. The van der Waals surface area contributed by atoms with Crippen LogP contribution in [0.4, 0.5) is 0 Å². The van der Waals surface area contributed by atoms with Gasteiger partial charge in [-0.1, -0.05) is 11.6 Å². The summed E-state index contributed by atoms with van der Waals surface area (Å²) in [5, 5.41) is 7.52. The summed E-state index contributed by atoms with van der Waals surface area (Å²) in [5.41, 5.74) is 0.454. The molecule has 2 rings (SSSR count). The van der Waals surface area contributed by atoms with Gasteiger partial charge in [0.15, 0.2) is 5.78 Å². The molecule has 1 saturated heterocycles. The van der Waals surface area contributed by atoms with Gasteiger partial charge in [-0.15, -0.1) is 0 Å². The van der Waals surface area contributed by atoms with Crippen LogP contribution in [0.1, 0.15) is 16.9 Å². The highest BCUT2D eigenvalue weighted by molar-refractivity contribution is 6.33. The zero-order chi connectivity index (χ0) is 11.5. The Morgan fingerprint density at radius 2 is 2.62 bits per heavy atom. The first-order valence-electron chi connectivity index (χ1n) is 5.21. The molecule has 6 heteroatoms. The van der Waals surface area contributed by atoms with Crippen molar-refractivity contribution in [2.75, 3.05) is 19.7 Å². The molecule has 1 N–H and O–H groups in total. The van der Waals surface area contributed by atoms with Gasteiger partial charge < -0.3 is 10.1 Å². The van der Waals surface area contributed by atoms with Crippen molar-refractivity contribution in [1.82, 2.24) is 15.1 Å². The lowest BCUT2D eigenvalue weighted by molar-refractivity contribution is 0.0238. The second-order valence-corrected chi connectivity index (χ2v) is 4.20. The lowest BCUT2D eigenvalue weighted by Crippen LogP contribution is -2.39. The van der Waals surface area contributed by atoms with Gasteiger partial charge in [-0.2, -0.15) is 5.10 Å². The van der Waals surface area contributed by atoms with E-state index in [1.807, 2.05) is 0 Å². The number of Topliss-reactive ketones (excluding diaryl/α,β-unsaturated/α-hetero) is 1. The predicted octanol–water partition coefficient (Wildman–Crippen LogP) is 0.635. The van der Waals surface area contributed by atoms with Crippen molar-refractivity contribution in [2.24, 2.45) is 7.05 Å². The van der Waals surface area contributed by atoms with E-state index >= 15 is 0 Å². The predicted molar refractivity (Wildman–Crippen MR) is 59.8 cm³/mol. The third-order valence-corrected chi connectivity index (χ3v) is 2.85. The van der Waals surface area contributed by atoms with E-state index in [2.05, 4.69) is 10.4 Å². The second-order valence-electron chi connectivity index (χ2n) is 3.79. The molecule has 0 spiro atoms. The summed E-state index contributed by atoms with van der Waals surface area (Å²) >= 11 is 5.90. The number of carbonyl (C=O) groups is 1. The Bertz CT molecular complexity index is 366. The van der Waals surface area contributed by atoms with Crippen LogP contribution in [0.5, 0.6) is 0 Å². The molecule has 0 radical (unpaired) electrons. The van der Waals surface area contributed by atoms with Crippen LogP contribution >= 0.6 is 11.6 Å². The number of nitrogens with one attached hydrogen (secondary N) is 1. The number of ketones is 1. The van der Waals surface area contributed by atoms with Gasteiger partial charge in [0, 0.05) is 26.6 Å². The van der Waals surface area contributed by atoms with E-state index in [0.717, 1.165) is 6.54 Å². The van der Waals surface area contributed by atoms with E-state index in [0.29, 0.717) is 30.3 Å². The number of morpholine rings is 1. The summed E-state index contributed by atoms with van der Waals surface area (Å²) in [6, 6.07) is 0. The van der Waals surface area contributed by atoms with Crippen molar-refractivity contribution >= 4 is 17.4 Å². The van der Waals surface area contributed by atoms with Crippen molar-refractivity contribution in [2.45, 2.75) is 12.5 Å². The zero-order valence-corrected chi connectivity index (χ0v) is 9.83. The number of hydrogen-bond donors (Lipinski definition) is 1. The fourth-order valence-electron chi connectivity index (χ4n) is 1.78. The average Bonchev–Trinajstić information content (AvgIpc) is 2.60. The number of nitrogens with zero attached hydrogens (tertiary/aromatic N) is 2. The first-order valence-corrected chi connectivity index (χ1v) is 5.59. The summed E-state index contributed by atoms with van der Waals surface area (Å²) in [7, 11) is 1.71. The number of aryl methyl sites for hydroxylation is 1. The minimum absolute atomic E-state index is 0.0290. The molecular formula is C10H14ClN3O2. The minimum Gasteiger partial charge on any atom is -0.375 e. The molecule has 16 heavy (non-hydrogen) atoms. The monoisotopic (exact) mass is 243 g/mol. The van der Waals surface area contributed by atoms with Crippen molar-refractivity contribution in [3.63, 3.8) is 0 Å². The van der Waals surface area contributed by atoms with Crippen LogP contribution in [0.25, 0.3) is 0 Å². The molecule has 1 unspecified atom stereocenters. The molecule has 0 bridgehead atoms. The summed E-state index contributed by atoms with van der Waals surface area (Å²) in [5.74, 6) is -0.0290. The molecule has 2 heterocycles. The molecule has 0 aliphatic carbocycles. The molecule has 0 aromatic carbocycles. The Labute approximate surface area is 98.7 Å². The topological polar surface area (TPSA) is 56.2 Å². The standard InChI is InChI=1S/C10H14ClN3O2/c1-14-10(8(11)6-13-14)9(15)4-7-5-12-2-3-16-7/h6-7,12H,2-5H2,1H3. The first-order chi connectivity index (χ1) is 7.68. The highest BCUT2D eigenvalue weighted by Crippen LogP contribution is 2.17. The van der Waals surface area contributed by atoms with Crippen LogP contribution in [0.3, 0.4) is 0 Å². The Morgan fingerprint density at radius 3 is 3.19 bits per heavy atom. The molecule has 0 saturated carbocycles. The molecule has 1 atom stereocenters. The maximum Gasteiger partial charge on any atom is 0.185 e. The van der Waals surface area contributed by atoms with Crippen LogP contribution in [-0.2, 0) is 11.8 Å². The molecular weight excluding hydrogens is 230 g/mol. The van der Waals surface area contributed by atoms with E-state index in [9.17, 15) is 4.79 Å². The average molecular weight is 244 g/mol. The minimum atomic E-state index is -0.0628. The highest BCUT2D eigenvalue weighted by atomic mass is 35.5. The quantitative estimate of drug-likeness (QED) is 0.792. The Balaban J connectivity index is 2.02.